The molecule has 5 aromatic rings. The molecule has 8 heteroatoms. The summed E-state index contributed by atoms with van der Waals surface area (Å²) in [6.45, 7) is 5.01. The Hall–Kier alpha value is -3.59. The zero-order valence-corrected chi connectivity index (χ0v) is 21.4. The molecule has 1 N–H and O–H groups in total. The lowest BCUT2D eigenvalue weighted by molar-refractivity contribution is 0.0898. The lowest BCUT2D eigenvalue weighted by Crippen LogP contribution is -2.49. The number of aromatic hydroxyl groups is 1. The first-order valence-corrected chi connectivity index (χ1v) is 13.3. The molecule has 37 heavy (non-hydrogen) atoms. The highest BCUT2D eigenvalue weighted by Gasteiger charge is 2.34. The van der Waals surface area contributed by atoms with E-state index in [0.717, 1.165) is 36.6 Å². The summed E-state index contributed by atoms with van der Waals surface area (Å²) in [6, 6.07) is 27.8. The van der Waals surface area contributed by atoms with Gasteiger partial charge in [-0.1, -0.05) is 84.1 Å². The molecular formula is C29H28FN5OS. The Morgan fingerprint density at radius 2 is 1.35 bits per heavy atom. The Morgan fingerprint density at radius 1 is 0.784 bits per heavy atom. The van der Waals surface area contributed by atoms with E-state index < -0.39 is 0 Å². The monoisotopic (exact) mass is 513 g/mol. The van der Waals surface area contributed by atoms with Gasteiger partial charge in [-0.3, -0.25) is 9.80 Å². The van der Waals surface area contributed by atoms with E-state index in [-0.39, 0.29) is 23.8 Å². The van der Waals surface area contributed by atoms with Crippen molar-refractivity contribution in [3.8, 4) is 5.88 Å². The smallest absolute Gasteiger partial charge is 0.230 e. The topological polar surface area (TPSA) is 56.9 Å². The van der Waals surface area contributed by atoms with E-state index in [1.807, 2.05) is 18.2 Å². The number of aromatic nitrogens is 3. The molecule has 3 aromatic carbocycles. The van der Waals surface area contributed by atoms with Crippen LogP contribution in [0.2, 0.25) is 0 Å². The van der Waals surface area contributed by atoms with Crippen LogP contribution in [0, 0.1) is 12.7 Å². The van der Waals surface area contributed by atoms with Crippen molar-refractivity contribution in [2.24, 2.45) is 0 Å². The zero-order chi connectivity index (χ0) is 25.4. The van der Waals surface area contributed by atoms with Gasteiger partial charge in [0.1, 0.15) is 11.6 Å². The van der Waals surface area contributed by atoms with E-state index in [0.29, 0.717) is 10.8 Å². The van der Waals surface area contributed by atoms with Gasteiger partial charge in [-0.05, 0) is 35.7 Å². The van der Waals surface area contributed by atoms with Gasteiger partial charge in [-0.2, -0.15) is 4.52 Å². The predicted molar refractivity (Wildman–Crippen MR) is 143 cm³/mol. The number of fused-ring (bicyclic) bond motifs is 1. The SMILES string of the molecule is Cc1nc2sc(C(c3cccc(F)c3)N3CCN(C(c4ccccc4)c4ccccc4)CC3)c(O)n2n1. The van der Waals surface area contributed by atoms with Crippen LogP contribution in [0.3, 0.4) is 0 Å². The van der Waals surface area contributed by atoms with Gasteiger partial charge in [-0.15, -0.1) is 5.10 Å². The number of thiazole rings is 1. The van der Waals surface area contributed by atoms with Gasteiger partial charge >= 0.3 is 0 Å². The number of aryl methyl sites for hydroxylation is 1. The molecule has 0 radical (unpaired) electrons. The molecule has 0 spiro atoms. The molecule has 6 nitrogen and oxygen atoms in total. The molecule has 0 saturated carbocycles. The Kier molecular flexibility index (Phi) is 6.46. The summed E-state index contributed by atoms with van der Waals surface area (Å²) in [6.07, 6.45) is 0. The van der Waals surface area contributed by atoms with Crippen molar-refractivity contribution in [2.45, 2.75) is 19.0 Å². The summed E-state index contributed by atoms with van der Waals surface area (Å²) in [5.74, 6) is 0.393. The fourth-order valence-corrected chi connectivity index (χ4v) is 6.53. The molecule has 1 atom stereocenters. The van der Waals surface area contributed by atoms with Crippen molar-refractivity contribution in [1.82, 2.24) is 24.4 Å². The van der Waals surface area contributed by atoms with Crippen molar-refractivity contribution in [2.75, 3.05) is 26.2 Å². The lowest BCUT2D eigenvalue weighted by atomic mass is 9.96. The molecule has 1 fully saturated rings. The number of rotatable bonds is 6. The van der Waals surface area contributed by atoms with Gasteiger partial charge < -0.3 is 5.11 Å². The zero-order valence-electron chi connectivity index (χ0n) is 20.5. The van der Waals surface area contributed by atoms with Crippen LogP contribution in [0.25, 0.3) is 4.96 Å². The van der Waals surface area contributed by atoms with Crippen LogP contribution in [0.4, 0.5) is 4.39 Å². The molecule has 0 bridgehead atoms. The first-order valence-electron chi connectivity index (χ1n) is 12.5. The molecule has 188 valence electrons. The van der Waals surface area contributed by atoms with Gasteiger partial charge in [0.05, 0.1) is 17.0 Å². The van der Waals surface area contributed by atoms with E-state index in [1.165, 1.54) is 33.0 Å². The van der Waals surface area contributed by atoms with Gasteiger partial charge in [0.25, 0.3) is 0 Å². The number of nitrogens with zero attached hydrogens (tertiary/aromatic N) is 5. The first kappa shape index (κ1) is 23.8. The third-order valence-corrected chi connectivity index (χ3v) is 8.10. The third-order valence-electron chi connectivity index (χ3n) is 7.03. The summed E-state index contributed by atoms with van der Waals surface area (Å²) < 4.78 is 15.8. The molecule has 2 aromatic heterocycles. The quantitative estimate of drug-likeness (QED) is 0.328. The molecule has 1 aliphatic heterocycles. The van der Waals surface area contributed by atoms with Crippen LogP contribution in [0.15, 0.2) is 84.9 Å². The van der Waals surface area contributed by atoms with Crippen molar-refractivity contribution < 1.29 is 9.50 Å². The summed E-state index contributed by atoms with van der Waals surface area (Å²) in [5.41, 5.74) is 3.34. The molecular weight excluding hydrogens is 485 g/mol. The van der Waals surface area contributed by atoms with Gasteiger partial charge in [0.2, 0.25) is 10.8 Å². The molecule has 0 amide bonds. The first-order chi connectivity index (χ1) is 18.1. The number of hydrogen-bond donors (Lipinski definition) is 1. The minimum atomic E-state index is -0.293. The second-order valence-corrected chi connectivity index (χ2v) is 10.4. The Balaban J connectivity index is 1.32. The summed E-state index contributed by atoms with van der Waals surface area (Å²) >= 11 is 1.41. The number of hydrogen-bond acceptors (Lipinski definition) is 6. The maximum absolute atomic E-state index is 14.3. The van der Waals surface area contributed by atoms with Crippen LogP contribution in [0.5, 0.6) is 5.88 Å². The Morgan fingerprint density at radius 3 is 1.92 bits per heavy atom. The van der Waals surface area contributed by atoms with E-state index in [1.54, 1.807) is 19.1 Å². The summed E-state index contributed by atoms with van der Waals surface area (Å²) in [7, 11) is 0. The summed E-state index contributed by atoms with van der Waals surface area (Å²) in [5, 5.41) is 15.5. The minimum absolute atomic E-state index is 0.0729. The number of halogens is 1. The molecule has 1 aliphatic rings. The lowest BCUT2D eigenvalue weighted by Gasteiger charge is -2.42. The molecule has 0 aliphatic carbocycles. The van der Waals surface area contributed by atoms with Crippen molar-refractivity contribution in [3.05, 3.63) is 118 Å². The second-order valence-electron chi connectivity index (χ2n) is 9.40. The van der Waals surface area contributed by atoms with Crippen LogP contribution in [-0.4, -0.2) is 55.7 Å². The molecule has 1 unspecified atom stereocenters. The van der Waals surface area contributed by atoms with Crippen molar-refractivity contribution in [3.63, 3.8) is 0 Å². The average molecular weight is 514 g/mol. The molecule has 3 heterocycles. The minimum Gasteiger partial charge on any atom is -0.492 e. The van der Waals surface area contributed by atoms with Gasteiger partial charge in [-0.25, -0.2) is 9.37 Å². The van der Waals surface area contributed by atoms with E-state index >= 15 is 0 Å². The van der Waals surface area contributed by atoms with Crippen molar-refractivity contribution in [1.29, 1.82) is 0 Å². The highest BCUT2D eigenvalue weighted by molar-refractivity contribution is 7.17. The molecule has 1 saturated heterocycles. The van der Waals surface area contributed by atoms with Crippen LogP contribution in [-0.2, 0) is 0 Å². The van der Waals surface area contributed by atoms with Crippen LogP contribution in [0.1, 0.15) is 39.5 Å². The number of benzene rings is 3. The van der Waals surface area contributed by atoms with E-state index in [2.05, 4.69) is 68.4 Å². The highest BCUT2D eigenvalue weighted by Crippen LogP contribution is 2.41. The summed E-state index contributed by atoms with van der Waals surface area (Å²) in [4.78, 5) is 10.7. The van der Waals surface area contributed by atoms with Gasteiger partial charge in [0.15, 0.2) is 0 Å². The largest absolute Gasteiger partial charge is 0.492 e. The Bertz CT molecular complexity index is 1460. The normalized spacial score (nSPS) is 16.0. The van der Waals surface area contributed by atoms with Gasteiger partial charge in [0, 0.05) is 26.2 Å². The standard InChI is InChI=1S/C29H28FN5OS/c1-20-31-29-35(32-20)28(36)27(37-29)26(23-13-8-14-24(30)19-23)34-17-15-33(16-18-34)25(21-9-4-2-5-10-21)22-11-6-3-7-12-22/h2-14,19,25-26,36H,15-18H2,1H3. The van der Waals surface area contributed by atoms with E-state index in [9.17, 15) is 9.50 Å². The fraction of sp³-hybridized carbons (Fsp3) is 0.241. The van der Waals surface area contributed by atoms with E-state index in [4.69, 9.17) is 0 Å². The van der Waals surface area contributed by atoms with Crippen molar-refractivity contribution >= 4 is 16.3 Å². The molecule has 6 rings (SSSR count). The predicted octanol–water partition coefficient (Wildman–Crippen LogP) is 5.44. The second kappa shape index (κ2) is 10.0. The third kappa shape index (κ3) is 4.64. The Labute approximate surface area is 219 Å². The highest BCUT2D eigenvalue weighted by atomic mass is 32.1. The number of piperazine rings is 1. The average Bonchev–Trinajstić information content (AvgIpc) is 3.43. The maximum atomic E-state index is 14.3. The van der Waals surface area contributed by atoms with Crippen LogP contribution < -0.4 is 0 Å². The fourth-order valence-electron chi connectivity index (χ4n) is 5.37. The van der Waals surface area contributed by atoms with Crippen LogP contribution >= 0.6 is 11.3 Å². The maximum Gasteiger partial charge on any atom is 0.230 e.